The third kappa shape index (κ3) is 6.20. The minimum Gasteiger partial charge on any atom is -0.497 e. The topological polar surface area (TPSA) is 76.7 Å². The van der Waals surface area contributed by atoms with Crippen molar-refractivity contribution in [3.8, 4) is 11.5 Å². The first kappa shape index (κ1) is 22.1. The van der Waals surface area contributed by atoms with Gasteiger partial charge in [-0.1, -0.05) is 28.1 Å². The van der Waals surface area contributed by atoms with Gasteiger partial charge in [-0.25, -0.2) is 0 Å². The molecule has 0 radical (unpaired) electrons. The molecule has 7 heteroatoms. The van der Waals surface area contributed by atoms with E-state index in [2.05, 4.69) is 26.6 Å². The van der Waals surface area contributed by atoms with Crippen molar-refractivity contribution in [3.05, 3.63) is 94.1 Å². The molecule has 31 heavy (non-hydrogen) atoms. The second kappa shape index (κ2) is 10.4. The van der Waals surface area contributed by atoms with Crippen LogP contribution in [0.4, 0.5) is 5.69 Å². The van der Waals surface area contributed by atoms with Crippen LogP contribution in [-0.4, -0.2) is 26.0 Å². The summed E-state index contributed by atoms with van der Waals surface area (Å²) in [4.78, 5) is 25.7. The predicted molar refractivity (Wildman–Crippen MR) is 124 cm³/mol. The zero-order chi connectivity index (χ0) is 22.2. The van der Waals surface area contributed by atoms with Gasteiger partial charge in [0.1, 0.15) is 17.2 Å². The van der Waals surface area contributed by atoms with Crippen molar-refractivity contribution >= 4 is 39.5 Å². The van der Waals surface area contributed by atoms with Gasteiger partial charge in [-0.15, -0.1) is 0 Å². The molecule has 0 aliphatic rings. The zero-order valence-electron chi connectivity index (χ0n) is 17.0. The van der Waals surface area contributed by atoms with Crippen LogP contribution in [0.25, 0.3) is 6.08 Å². The quantitative estimate of drug-likeness (QED) is 0.472. The van der Waals surface area contributed by atoms with Gasteiger partial charge in [-0.2, -0.15) is 0 Å². The van der Waals surface area contributed by atoms with Crippen LogP contribution in [0.3, 0.4) is 0 Å². The lowest BCUT2D eigenvalue weighted by Crippen LogP contribution is -2.30. The number of methoxy groups -OCH3 is 2. The van der Waals surface area contributed by atoms with Crippen LogP contribution < -0.4 is 20.1 Å². The number of hydrogen-bond acceptors (Lipinski definition) is 4. The summed E-state index contributed by atoms with van der Waals surface area (Å²) in [5.74, 6) is 0.527. The Hall–Kier alpha value is -3.58. The summed E-state index contributed by atoms with van der Waals surface area (Å²) < 4.78 is 11.2. The van der Waals surface area contributed by atoms with Gasteiger partial charge >= 0.3 is 0 Å². The van der Waals surface area contributed by atoms with Gasteiger partial charge < -0.3 is 20.1 Å². The molecule has 158 valence electrons. The molecule has 0 bridgehead atoms. The number of benzene rings is 3. The molecule has 2 amide bonds. The third-order valence-corrected chi connectivity index (χ3v) is 4.90. The molecule has 0 heterocycles. The van der Waals surface area contributed by atoms with Crippen molar-refractivity contribution in [1.29, 1.82) is 0 Å². The first-order valence-corrected chi connectivity index (χ1v) is 10.2. The van der Waals surface area contributed by atoms with Crippen molar-refractivity contribution in [2.75, 3.05) is 19.5 Å². The molecule has 3 aromatic carbocycles. The Balaban J connectivity index is 1.86. The minimum absolute atomic E-state index is 0.105. The van der Waals surface area contributed by atoms with Crippen molar-refractivity contribution in [3.63, 3.8) is 0 Å². The van der Waals surface area contributed by atoms with E-state index in [4.69, 9.17) is 9.47 Å². The Bertz CT molecular complexity index is 1080. The van der Waals surface area contributed by atoms with E-state index in [-0.39, 0.29) is 5.70 Å². The van der Waals surface area contributed by atoms with Crippen LogP contribution >= 0.6 is 15.9 Å². The number of carbonyl (C=O) groups excluding carboxylic acids is 2. The summed E-state index contributed by atoms with van der Waals surface area (Å²) in [6.45, 7) is 0. The molecule has 0 saturated carbocycles. The summed E-state index contributed by atoms with van der Waals surface area (Å²) in [5, 5.41) is 5.50. The van der Waals surface area contributed by atoms with E-state index in [0.717, 1.165) is 10.0 Å². The number of anilines is 1. The Morgan fingerprint density at radius 3 is 1.90 bits per heavy atom. The van der Waals surface area contributed by atoms with Gasteiger partial charge in [-0.05, 0) is 72.3 Å². The highest BCUT2D eigenvalue weighted by atomic mass is 79.9. The van der Waals surface area contributed by atoms with Crippen LogP contribution in [0.2, 0.25) is 0 Å². The van der Waals surface area contributed by atoms with Crippen molar-refractivity contribution in [2.24, 2.45) is 0 Å². The number of hydrogen-bond donors (Lipinski definition) is 2. The molecule has 0 atom stereocenters. The van der Waals surface area contributed by atoms with Crippen LogP contribution in [0, 0.1) is 0 Å². The van der Waals surface area contributed by atoms with E-state index in [1.165, 1.54) is 0 Å². The van der Waals surface area contributed by atoms with Crippen molar-refractivity contribution in [1.82, 2.24) is 5.32 Å². The molecule has 0 spiro atoms. The summed E-state index contributed by atoms with van der Waals surface area (Å²) in [6.07, 6.45) is 1.61. The molecule has 0 aliphatic heterocycles. The summed E-state index contributed by atoms with van der Waals surface area (Å²) >= 11 is 3.35. The van der Waals surface area contributed by atoms with Crippen LogP contribution in [0.5, 0.6) is 11.5 Å². The van der Waals surface area contributed by atoms with E-state index in [1.807, 2.05) is 0 Å². The lowest BCUT2D eigenvalue weighted by atomic mass is 10.1. The molecule has 0 unspecified atom stereocenters. The van der Waals surface area contributed by atoms with Crippen LogP contribution in [0.1, 0.15) is 15.9 Å². The van der Waals surface area contributed by atoms with Gasteiger partial charge in [0.25, 0.3) is 11.8 Å². The average molecular weight is 481 g/mol. The second-order valence-corrected chi connectivity index (χ2v) is 7.39. The van der Waals surface area contributed by atoms with Gasteiger partial charge in [0.15, 0.2) is 0 Å². The number of halogens is 1. The zero-order valence-corrected chi connectivity index (χ0v) is 18.6. The maximum absolute atomic E-state index is 13.0. The molecule has 6 nitrogen and oxygen atoms in total. The number of amides is 2. The number of ether oxygens (including phenoxy) is 2. The smallest absolute Gasteiger partial charge is 0.272 e. The maximum Gasteiger partial charge on any atom is 0.272 e. The van der Waals surface area contributed by atoms with Crippen molar-refractivity contribution in [2.45, 2.75) is 0 Å². The Morgan fingerprint density at radius 2 is 1.35 bits per heavy atom. The first-order valence-electron chi connectivity index (χ1n) is 9.36. The Kier molecular flexibility index (Phi) is 7.45. The Labute approximate surface area is 189 Å². The molecular formula is C24H21BrN2O4. The molecule has 3 aromatic rings. The molecule has 2 N–H and O–H groups in total. The highest BCUT2D eigenvalue weighted by Gasteiger charge is 2.15. The van der Waals surface area contributed by atoms with E-state index >= 15 is 0 Å². The second-order valence-electron chi connectivity index (χ2n) is 6.47. The molecule has 3 rings (SSSR count). The molecule has 0 saturated heterocycles. The van der Waals surface area contributed by atoms with Crippen molar-refractivity contribution < 1.29 is 19.1 Å². The van der Waals surface area contributed by atoms with E-state index in [9.17, 15) is 9.59 Å². The lowest BCUT2D eigenvalue weighted by Gasteiger charge is -2.12. The molecular weight excluding hydrogens is 460 g/mol. The predicted octanol–water partition coefficient (Wildman–Crippen LogP) is 4.88. The van der Waals surface area contributed by atoms with Gasteiger partial charge in [-0.3, -0.25) is 9.59 Å². The lowest BCUT2D eigenvalue weighted by molar-refractivity contribution is -0.113. The van der Waals surface area contributed by atoms with Gasteiger partial charge in [0.2, 0.25) is 0 Å². The highest BCUT2D eigenvalue weighted by Crippen LogP contribution is 2.18. The SMILES string of the molecule is COc1ccc(/C=C(/NC(=O)c2ccc(Br)cc2)C(=O)Nc2ccc(OC)cc2)cc1. The van der Waals surface area contributed by atoms with E-state index in [0.29, 0.717) is 22.7 Å². The number of nitrogens with one attached hydrogen (secondary N) is 2. The standard InChI is InChI=1S/C24H21BrN2O4/c1-30-20-11-3-16(4-12-20)15-22(27-23(28)17-5-7-18(25)8-6-17)24(29)26-19-9-13-21(31-2)14-10-19/h3-15H,1-2H3,(H,26,29)(H,27,28)/b22-15+. The normalized spacial score (nSPS) is 10.9. The average Bonchev–Trinajstić information content (AvgIpc) is 2.80. The first-order chi connectivity index (χ1) is 15.0. The van der Waals surface area contributed by atoms with Crippen LogP contribution in [0.15, 0.2) is 83.0 Å². The maximum atomic E-state index is 13.0. The van der Waals surface area contributed by atoms with E-state index in [1.54, 1.807) is 93.1 Å². The summed E-state index contributed by atoms with van der Waals surface area (Å²) in [6, 6.07) is 20.9. The molecule has 0 fully saturated rings. The third-order valence-electron chi connectivity index (χ3n) is 4.37. The highest BCUT2D eigenvalue weighted by molar-refractivity contribution is 9.10. The monoisotopic (exact) mass is 480 g/mol. The van der Waals surface area contributed by atoms with Gasteiger partial charge in [0, 0.05) is 15.7 Å². The van der Waals surface area contributed by atoms with Gasteiger partial charge in [0.05, 0.1) is 14.2 Å². The van der Waals surface area contributed by atoms with E-state index < -0.39 is 11.8 Å². The summed E-state index contributed by atoms with van der Waals surface area (Å²) in [5.41, 5.74) is 1.84. The van der Waals surface area contributed by atoms with Crippen LogP contribution in [-0.2, 0) is 4.79 Å². The molecule has 0 aromatic heterocycles. The Morgan fingerprint density at radius 1 is 0.806 bits per heavy atom. The fraction of sp³-hybridized carbons (Fsp3) is 0.0833. The minimum atomic E-state index is -0.452. The number of carbonyl (C=O) groups is 2. The summed E-state index contributed by atoms with van der Waals surface area (Å²) in [7, 11) is 3.15. The molecule has 0 aliphatic carbocycles. The fourth-order valence-corrected chi connectivity index (χ4v) is 2.96. The fourth-order valence-electron chi connectivity index (χ4n) is 2.69. The number of rotatable bonds is 7. The largest absolute Gasteiger partial charge is 0.497 e.